The van der Waals surface area contributed by atoms with E-state index in [4.69, 9.17) is 0 Å². The molecule has 1 amide bonds. The number of hydrogen-bond acceptors (Lipinski definition) is 4. The zero-order chi connectivity index (χ0) is 17.8. The van der Waals surface area contributed by atoms with Crippen LogP contribution in [0.2, 0.25) is 0 Å². The highest BCUT2D eigenvalue weighted by atomic mass is 16.2. The summed E-state index contributed by atoms with van der Waals surface area (Å²) in [6, 6.07) is 8.19. The predicted molar refractivity (Wildman–Crippen MR) is 100 cm³/mol. The van der Waals surface area contributed by atoms with E-state index in [1.54, 1.807) is 6.07 Å². The Morgan fingerprint density at radius 1 is 1.28 bits per heavy atom. The van der Waals surface area contributed by atoms with Gasteiger partial charge >= 0.3 is 0 Å². The van der Waals surface area contributed by atoms with Gasteiger partial charge in [-0.2, -0.15) is 0 Å². The lowest BCUT2D eigenvalue weighted by Crippen LogP contribution is -2.43. The molecule has 0 aliphatic carbocycles. The second kappa shape index (κ2) is 7.64. The smallest absolute Gasteiger partial charge is 0.272 e. The van der Waals surface area contributed by atoms with Crippen molar-refractivity contribution >= 4 is 17.4 Å². The van der Waals surface area contributed by atoms with Gasteiger partial charge in [0.25, 0.3) is 5.91 Å². The van der Waals surface area contributed by atoms with Crippen LogP contribution >= 0.6 is 0 Å². The zero-order valence-corrected chi connectivity index (χ0v) is 15.2. The standard InChI is InChI=1S/C20H26N4O/c1-4-16-9-5-6-11-24(16)20(25)18-12-19(22-13-21-18)23-17-10-7-8-14(2)15(17)3/h7-8,10,12-13,16H,4-6,9,11H2,1-3H3,(H,21,22,23). The number of likely N-dealkylation sites (tertiary alicyclic amines) is 1. The van der Waals surface area contributed by atoms with Crippen LogP contribution in [0.4, 0.5) is 11.5 Å². The molecule has 0 saturated carbocycles. The summed E-state index contributed by atoms with van der Waals surface area (Å²) in [6.07, 6.45) is 5.81. The average Bonchev–Trinajstić information content (AvgIpc) is 2.65. The van der Waals surface area contributed by atoms with Gasteiger partial charge in [-0.25, -0.2) is 9.97 Å². The molecule has 132 valence electrons. The Morgan fingerprint density at radius 2 is 2.12 bits per heavy atom. The van der Waals surface area contributed by atoms with Crippen molar-refractivity contribution in [1.29, 1.82) is 0 Å². The van der Waals surface area contributed by atoms with E-state index in [-0.39, 0.29) is 5.91 Å². The largest absolute Gasteiger partial charge is 0.340 e. The minimum absolute atomic E-state index is 0.0120. The van der Waals surface area contributed by atoms with Crippen LogP contribution in [0.15, 0.2) is 30.6 Å². The maximum atomic E-state index is 12.9. The molecule has 1 aromatic carbocycles. The number of aromatic nitrogens is 2. The first-order valence-corrected chi connectivity index (χ1v) is 9.06. The molecule has 2 aromatic rings. The molecule has 2 heterocycles. The number of nitrogens with zero attached hydrogens (tertiary/aromatic N) is 3. The lowest BCUT2D eigenvalue weighted by Gasteiger charge is -2.35. The lowest BCUT2D eigenvalue weighted by molar-refractivity contribution is 0.0602. The molecule has 5 nitrogen and oxygen atoms in total. The molecule has 1 N–H and O–H groups in total. The Bertz CT molecular complexity index is 759. The monoisotopic (exact) mass is 338 g/mol. The van der Waals surface area contributed by atoms with E-state index in [9.17, 15) is 4.79 Å². The summed E-state index contributed by atoms with van der Waals surface area (Å²) in [4.78, 5) is 23.4. The Morgan fingerprint density at radius 3 is 2.92 bits per heavy atom. The fourth-order valence-corrected chi connectivity index (χ4v) is 3.41. The van der Waals surface area contributed by atoms with Crippen LogP contribution in [-0.4, -0.2) is 33.4 Å². The van der Waals surface area contributed by atoms with Crippen LogP contribution in [-0.2, 0) is 0 Å². The number of rotatable bonds is 4. The second-order valence-electron chi connectivity index (χ2n) is 6.72. The number of benzene rings is 1. The highest BCUT2D eigenvalue weighted by molar-refractivity contribution is 5.93. The molecular formula is C20H26N4O. The summed E-state index contributed by atoms with van der Waals surface area (Å²) in [6.45, 7) is 7.12. The maximum absolute atomic E-state index is 12.9. The van der Waals surface area contributed by atoms with Gasteiger partial charge in [0.15, 0.2) is 0 Å². The maximum Gasteiger partial charge on any atom is 0.272 e. The van der Waals surface area contributed by atoms with Gasteiger partial charge in [0.05, 0.1) is 0 Å². The van der Waals surface area contributed by atoms with Gasteiger partial charge in [0, 0.05) is 24.3 Å². The molecule has 1 unspecified atom stereocenters. The molecule has 0 bridgehead atoms. The first-order chi connectivity index (χ1) is 12.1. The van der Waals surface area contributed by atoms with Gasteiger partial charge in [-0.3, -0.25) is 4.79 Å². The summed E-state index contributed by atoms with van der Waals surface area (Å²) in [5.74, 6) is 0.662. The van der Waals surface area contributed by atoms with E-state index >= 15 is 0 Å². The van der Waals surface area contributed by atoms with Crippen molar-refractivity contribution < 1.29 is 4.79 Å². The van der Waals surface area contributed by atoms with Gasteiger partial charge in [-0.05, 0) is 56.7 Å². The molecule has 1 aromatic heterocycles. The van der Waals surface area contributed by atoms with Crippen molar-refractivity contribution in [3.63, 3.8) is 0 Å². The average molecular weight is 338 g/mol. The molecule has 1 fully saturated rings. The number of carbonyl (C=O) groups is 1. The van der Waals surface area contributed by atoms with Crippen LogP contribution < -0.4 is 5.32 Å². The molecule has 1 saturated heterocycles. The quantitative estimate of drug-likeness (QED) is 0.906. The van der Waals surface area contributed by atoms with Crippen LogP contribution in [0.3, 0.4) is 0 Å². The summed E-state index contributed by atoms with van der Waals surface area (Å²) in [7, 11) is 0. The molecule has 0 radical (unpaired) electrons. The zero-order valence-electron chi connectivity index (χ0n) is 15.2. The highest BCUT2D eigenvalue weighted by Crippen LogP contribution is 2.24. The van der Waals surface area contributed by atoms with Crippen LogP contribution in [0.25, 0.3) is 0 Å². The van der Waals surface area contributed by atoms with E-state index < -0.39 is 0 Å². The first kappa shape index (κ1) is 17.4. The van der Waals surface area contributed by atoms with Crippen LogP contribution in [0.1, 0.15) is 54.2 Å². The normalized spacial score (nSPS) is 17.4. The molecule has 1 aliphatic rings. The predicted octanol–water partition coefficient (Wildman–Crippen LogP) is 4.24. The number of aryl methyl sites for hydroxylation is 1. The molecule has 0 spiro atoms. The Kier molecular flexibility index (Phi) is 5.31. The van der Waals surface area contributed by atoms with Gasteiger partial charge < -0.3 is 10.2 Å². The SMILES string of the molecule is CCC1CCCCN1C(=O)c1cc(Nc2cccc(C)c2C)ncn1. The number of amides is 1. The topological polar surface area (TPSA) is 58.1 Å². The molecule has 5 heteroatoms. The molecule has 1 atom stereocenters. The van der Waals surface area contributed by atoms with E-state index in [0.717, 1.165) is 31.5 Å². The summed E-state index contributed by atoms with van der Waals surface area (Å²) < 4.78 is 0. The Labute approximate surface area is 149 Å². The van der Waals surface area contributed by atoms with Crippen LogP contribution in [0, 0.1) is 13.8 Å². The molecule has 1 aliphatic heterocycles. The number of hydrogen-bond donors (Lipinski definition) is 1. The second-order valence-corrected chi connectivity index (χ2v) is 6.72. The third kappa shape index (κ3) is 3.81. The van der Waals surface area contributed by atoms with Gasteiger partial charge in [0.1, 0.15) is 17.8 Å². The molecular weight excluding hydrogens is 312 g/mol. The van der Waals surface area contributed by atoms with E-state index in [1.165, 1.54) is 23.9 Å². The Balaban J connectivity index is 1.81. The fraction of sp³-hybridized carbons (Fsp3) is 0.450. The fourth-order valence-electron chi connectivity index (χ4n) is 3.41. The van der Waals surface area contributed by atoms with Gasteiger partial charge in [0.2, 0.25) is 0 Å². The van der Waals surface area contributed by atoms with Crippen molar-refractivity contribution in [3.8, 4) is 0 Å². The van der Waals surface area contributed by atoms with Crippen molar-refractivity contribution in [2.24, 2.45) is 0 Å². The number of carbonyl (C=O) groups excluding carboxylic acids is 1. The number of piperidine rings is 1. The van der Waals surface area contributed by atoms with Crippen molar-refractivity contribution in [1.82, 2.24) is 14.9 Å². The van der Waals surface area contributed by atoms with E-state index in [0.29, 0.717) is 17.6 Å². The Hall–Kier alpha value is -2.43. The highest BCUT2D eigenvalue weighted by Gasteiger charge is 2.27. The minimum atomic E-state index is 0.0120. The molecule has 25 heavy (non-hydrogen) atoms. The number of anilines is 2. The third-order valence-corrected chi connectivity index (χ3v) is 5.11. The summed E-state index contributed by atoms with van der Waals surface area (Å²) in [5.41, 5.74) is 3.86. The lowest BCUT2D eigenvalue weighted by atomic mass is 9.99. The summed E-state index contributed by atoms with van der Waals surface area (Å²) >= 11 is 0. The molecule has 3 rings (SSSR count). The van der Waals surface area contributed by atoms with Gasteiger partial charge in [-0.15, -0.1) is 0 Å². The van der Waals surface area contributed by atoms with E-state index in [2.05, 4.69) is 42.1 Å². The van der Waals surface area contributed by atoms with Crippen molar-refractivity contribution in [2.45, 2.75) is 52.5 Å². The van der Waals surface area contributed by atoms with Gasteiger partial charge in [-0.1, -0.05) is 19.1 Å². The van der Waals surface area contributed by atoms with Crippen molar-refractivity contribution in [2.75, 3.05) is 11.9 Å². The minimum Gasteiger partial charge on any atom is -0.340 e. The van der Waals surface area contributed by atoms with Crippen molar-refractivity contribution in [3.05, 3.63) is 47.4 Å². The van der Waals surface area contributed by atoms with E-state index in [1.807, 2.05) is 17.0 Å². The third-order valence-electron chi connectivity index (χ3n) is 5.11. The number of nitrogens with one attached hydrogen (secondary N) is 1. The summed E-state index contributed by atoms with van der Waals surface area (Å²) in [5, 5.41) is 3.31. The first-order valence-electron chi connectivity index (χ1n) is 9.06. The van der Waals surface area contributed by atoms with Crippen LogP contribution in [0.5, 0.6) is 0 Å².